The maximum absolute atomic E-state index is 3.45. The van der Waals surface area contributed by atoms with E-state index in [1.165, 1.54) is 19.5 Å². The Kier molecular flexibility index (Phi) is 6.44. The van der Waals surface area contributed by atoms with Crippen LogP contribution in [-0.4, -0.2) is 29.4 Å². The van der Waals surface area contributed by atoms with E-state index in [1.54, 1.807) is 0 Å². The molecule has 0 N–H and O–H groups in total. The molecule has 0 aromatic carbocycles. The van der Waals surface area contributed by atoms with E-state index in [1.807, 2.05) is 0 Å². The topological polar surface area (TPSA) is 3.24 Å². The normalized spacial score (nSPS) is 14.1. The molecular formula is C8H18BrN. The van der Waals surface area contributed by atoms with Gasteiger partial charge < -0.3 is 4.90 Å². The van der Waals surface area contributed by atoms with Gasteiger partial charge in [-0.2, -0.15) is 0 Å². The summed E-state index contributed by atoms with van der Waals surface area (Å²) < 4.78 is 0. The highest BCUT2D eigenvalue weighted by molar-refractivity contribution is 9.09. The number of alkyl halides is 1. The van der Waals surface area contributed by atoms with E-state index in [0.29, 0.717) is 0 Å². The van der Waals surface area contributed by atoms with Crippen LogP contribution in [0.1, 0.15) is 27.2 Å². The van der Waals surface area contributed by atoms with Gasteiger partial charge in [0.15, 0.2) is 0 Å². The van der Waals surface area contributed by atoms with Gasteiger partial charge in [0.05, 0.1) is 0 Å². The zero-order valence-corrected chi connectivity index (χ0v) is 8.82. The van der Waals surface area contributed by atoms with E-state index in [9.17, 15) is 0 Å². The van der Waals surface area contributed by atoms with Gasteiger partial charge in [-0.3, -0.25) is 0 Å². The van der Waals surface area contributed by atoms with Crippen molar-refractivity contribution in [1.82, 2.24) is 4.90 Å². The molecule has 0 aliphatic carbocycles. The van der Waals surface area contributed by atoms with Crippen molar-refractivity contribution < 1.29 is 0 Å². The smallest absolute Gasteiger partial charge is 0.00746 e. The molecule has 0 heterocycles. The van der Waals surface area contributed by atoms with Crippen LogP contribution < -0.4 is 0 Å². The molecule has 0 aliphatic rings. The Hall–Kier alpha value is 0.440. The molecule has 1 unspecified atom stereocenters. The maximum Gasteiger partial charge on any atom is 0.00746 e. The fourth-order valence-corrected chi connectivity index (χ4v) is 1.85. The largest absolute Gasteiger partial charge is 0.301 e. The highest BCUT2D eigenvalue weighted by atomic mass is 79.9. The molecule has 0 fully saturated rings. The molecule has 1 atom stereocenters. The molecule has 0 spiro atoms. The molecule has 0 aliphatic heterocycles. The minimum absolute atomic E-state index is 0.731. The van der Waals surface area contributed by atoms with Crippen molar-refractivity contribution in [1.29, 1.82) is 0 Å². The van der Waals surface area contributed by atoms with Gasteiger partial charge in [-0.05, 0) is 26.4 Å². The van der Waals surface area contributed by atoms with Gasteiger partial charge in [0, 0.05) is 11.4 Å². The molecule has 0 radical (unpaired) electrons. The molecule has 2 heteroatoms. The van der Waals surface area contributed by atoms with Crippen molar-refractivity contribution in [3.05, 3.63) is 0 Å². The van der Waals surface area contributed by atoms with E-state index >= 15 is 0 Å². The van der Waals surface area contributed by atoms with Crippen molar-refractivity contribution in [2.45, 2.75) is 33.2 Å². The lowest BCUT2D eigenvalue weighted by molar-refractivity contribution is 0.228. The van der Waals surface area contributed by atoms with E-state index in [0.717, 1.165) is 11.4 Å². The number of rotatable bonds is 5. The van der Waals surface area contributed by atoms with Crippen molar-refractivity contribution in [3.63, 3.8) is 0 Å². The van der Waals surface area contributed by atoms with Crippen molar-refractivity contribution in [3.8, 4) is 0 Å². The summed E-state index contributed by atoms with van der Waals surface area (Å²) >= 11 is 3.45. The van der Waals surface area contributed by atoms with Crippen LogP contribution in [0.5, 0.6) is 0 Å². The van der Waals surface area contributed by atoms with E-state index < -0.39 is 0 Å². The summed E-state index contributed by atoms with van der Waals surface area (Å²) in [5.41, 5.74) is 0. The molecule has 10 heavy (non-hydrogen) atoms. The van der Waals surface area contributed by atoms with E-state index in [-0.39, 0.29) is 0 Å². The second-order valence-electron chi connectivity index (χ2n) is 2.55. The van der Waals surface area contributed by atoms with Crippen LogP contribution in [0.4, 0.5) is 0 Å². The number of hydrogen-bond donors (Lipinski definition) is 0. The van der Waals surface area contributed by atoms with Crippen molar-refractivity contribution in [2.24, 2.45) is 0 Å². The summed E-state index contributed by atoms with van der Waals surface area (Å²) in [6, 6.07) is 0.731. The summed E-state index contributed by atoms with van der Waals surface area (Å²) in [4.78, 5) is 2.47. The predicted octanol–water partition coefficient (Wildman–Crippen LogP) is 2.50. The molecule has 62 valence electrons. The lowest BCUT2D eigenvalue weighted by atomic mass is 10.2. The quantitative estimate of drug-likeness (QED) is 0.627. The van der Waals surface area contributed by atoms with Crippen molar-refractivity contribution >= 4 is 15.9 Å². The lowest BCUT2D eigenvalue weighted by Gasteiger charge is -2.25. The third kappa shape index (κ3) is 3.57. The number of halogens is 1. The summed E-state index contributed by atoms with van der Waals surface area (Å²) in [5, 5.41) is 1.12. The van der Waals surface area contributed by atoms with Gasteiger partial charge in [-0.25, -0.2) is 0 Å². The zero-order chi connectivity index (χ0) is 7.98. The minimum Gasteiger partial charge on any atom is -0.301 e. The second kappa shape index (κ2) is 6.17. The zero-order valence-electron chi connectivity index (χ0n) is 7.23. The number of nitrogens with zero attached hydrogens (tertiary/aromatic N) is 1. The Bertz CT molecular complexity index is 71.7. The highest BCUT2D eigenvalue weighted by Gasteiger charge is 2.07. The van der Waals surface area contributed by atoms with Crippen LogP contribution in [0, 0.1) is 0 Å². The molecule has 0 aromatic heterocycles. The van der Waals surface area contributed by atoms with Crippen LogP contribution in [0.25, 0.3) is 0 Å². The van der Waals surface area contributed by atoms with E-state index in [2.05, 4.69) is 41.6 Å². The van der Waals surface area contributed by atoms with Crippen molar-refractivity contribution in [2.75, 3.05) is 18.4 Å². The first-order valence-corrected chi connectivity index (χ1v) is 5.18. The second-order valence-corrected chi connectivity index (χ2v) is 3.34. The Morgan fingerprint density at radius 1 is 1.30 bits per heavy atom. The third-order valence-corrected chi connectivity index (χ3v) is 2.42. The van der Waals surface area contributed by atoms with Crippen LogP contribution in [0.15, 0.2) is 0 Å². The molecule has 0 amide bonds. The first kappa shape index (κ1) is 10.4. The summed E-state index contributed by atoms with van der Waals surface area (Å²) in [6.07, 6.45) is 1.25. The summed E-state index contributed by atoms with van der Waals surface area (Å²) in [7, 11) is 0. The molecule has 0 saturated heterocycles. The Morgan fingerprint density at radius 2 is 1.80 bits per heavy atom. The first-order chi connectivity index (χ1) is 4.76. The summed E-state index contributed by atoms with van der Waals surface area (Å²) in [5.74, 6) is 0. The minimum atomic E-state index is 0.731. The van der Waals surface area contributed by atoms with Crippen LogP contribution >= 0.6 is 15.9 Å². The Morgan fingerprint density at radius 3 is 2.10 bits per heavy atom. The standard InChI is InChI=1S/C8H18BrN/c1-4-10(5-2)8(3)6-7-9/h8H,4-7H2,1-3H3. The maximum atomic E-state index is 3.45. The lowest BCUT2D eigenvalue weighted by Crippen LogP contribution is -2.32. The average molecular weight is 208 g/mol. The molecule has 0 rings (SSSR count). The average Bonchev–Trinajstić information content (AvgIpc) is 1.91. The van der Waals surface area contributed by atoms with Gasteiger partial charge in [0.1, 0.15) is 0 Å². The molecule has 0 saturated carbocycles. The molecular weight excluding hydrogens is 190 g/mol. The molecule has 0 aromatic rings. The fraction of sp³-hybridized carbons (Fsp3) is 1.00. The summed E-state index contributed by atoms with van der Waals surface area (Å²) in [6.45, 7) is 9.06. The molecule has 1 nitrogen and oxygen atoms in total. The Labute approximate surface area is 72.9 Å². The SMILES string of the molecule is CCN(CC)C(C)CCBr. The van der Waals surface area contributed by atoms with Gasteiger partial charge in [0.25, 0.3) is 0 Å². The van der Waals surface area contributed by atoms with Crippen LogP contribution in [0.2, 0.25) is 0 Å². The van der Waals surface area contributed by atoms with Gasteiger partial charge >= 0.3 is 0 Å². The Balaban J connectivity index is 3.53. The van der Waals surface area contributed by atoms with Crippen LogP contribution in [0.3, 0.4) is 0 Å². The fourth-order valence-electron chi connectivity index (χ4n) is 1.19. The third-order valence-electron chi connectivity index (χ3n) is 1.96. The monoisotopic (exact) mass is 207 g/mol. The highest BCUT2D eigenvalue weighted by Crippen LogP contribution is 2.04. The number of hydrogen-bond acceptors (Lipinski definition) is 1. The first-order valence-electron chi connectivity index (χ1n) is 4.06. The predicted molar refractivity (Wildman–Crippen MR) is 50.8 cm³/mol. The van der Waals surface area contributed by atoms with Gasteiger partial charge in [-0.15, -0.1) is 0 Å². The molecule has 0 bridgehead atoms. The van der Waals surface area contributed by atoms with Gasteiger partial charge in [-0.1, -0.05) is 29.8 Å². The van der Waals surface area contributed by atoms with E-state index in [4.69, 9.17) is 0 Å². The van der Waals surface area contributed by atoms with Crippen LogP contribution in [-0.2, 0) is 0 Å². The van der Waals surface area contributed by atoms with Gasteiger partial charge in [0.2, 0.25) is 0 Å².